The molecule has 0 aliphatic heterocycles. The topological polar surface area (TPSA) is 57.3 Å². The molecule has 0 saturated carbocycles. The van der Waals surface area contributed by atoms with E-state index in [0.29, 0.717) is 34.5 Å². The summed E-state index contributed by atoms with van der Waals surface area (Å²) < 4.78 is 13.1. The second-order valence-corrected chi connectivity index (χ2v) is 6.14. The van der Waals surface area contributed by atoms with Crippen molar-refractivity contribution < 1.29 is 13.9 Å². The van der Waals surface area contributed by atoms with Crippen molar-refractivity contribution in [1.29, 1.82) is 0 Å². The lowest BCUT2D eigenvalue weighted by molar-refractivity contribution is 0.104. The Labute approximate surface area is 156 Å². The van der Waals surface area contributed by atoms with Gasteiger partial charge in [-0.1, -0.05) is 11.6 Å². The smallest absolute Gasteiger partial charge is 0.189 e. The van der Waals surface area contributed by atoms with Gasteiger partial charge in [0.2, 0.25) is 0 Å². The van der Waals surface area contributed by atoms with E-state index in [4.69, 9.17) is 20.8 Å². The van der Waals surface area contributed by atoms with Crippen molar-refractivity contribution in [3.05, 3.63) is 76.5 Å². The summed E-state index contributed by atoms with van der Waals surface area (Å²) in [5, 5.41) is 4.85. The van der Waals surface area contributed by atoms with Crippen LogP contribution in [0.3, 0.4) is 0 Å². The molecule has 0 radical (unpaired) electrons. The van der Waals surface area contributed by atoms with Crippen molar-refractivity contribution in [3.63, 3.8) is 0 Å². The molecule has 1 aromatic carbocycles. The van der Waals surface area contributed by atoms with Crippen molar-refractivity contribution >= 4 is 23.5 Å². The van der Waals surface area contributed by atoms with Crippen LogP contribution in [0.15, 0.2) is 53.1 Å². The maximum absolute atomic E-state index is 12.3. The fourth-order valence-electron chi connectivity index (χ4n) is 2.50. The number of carbonyl (C=O) groups excluding carboxylic acids is 1. The molecule has 0 aliphatic rings. The monoisotopic (exact) mass is 370 g/mol. The third-order valence-corrected chi connectivity index (χ3v) is 4.20. The summed E-state index contributed by atoms with van der Waals surface area (Å²) in [5.41, 5.74) is 1.46. The summed E-state index contributed by atoms with van der Waals surface area (Å²) in [7, 11) is 0. The zero-order valence-electron chi connectivity index (χ0n) is 14.6. The lowest BCUT2D eigenvalue weighted by Crippen LogP contribution is -2.01. The summed E-state index contributed by atoms with van der Waals surface area (Å²) in [6.07, 6.45) is 4.74. The number of carbonyl (C=O) groups is 1. The molecule has 0 saturated heterocycles. The summed E-state index contributed by atoms with van der Waals surface area (Å²) in [6, 6.07) is 10.7. The average molecular weight is 371 g/mol. The number of aromatic nitrogens is 2. The summed E-state index contributed by atoms with van der Waals surface area (Å²) in [6.45, 7) is 4.90. The van der Waals surface area contributed by atoms with Gasteiger partial charge in [-0.25, -0.2) is 0 Å². The summed E-state index contributed by atoms with van der Waals surface area (Å²) >= 11 is 5.84. The highest BCUT2D eigenvalue weighted by Crippen LogP contribution is 2.18. The number of furan rings is 1. The first kappa shape index (κ1) is 18.0. The molecule has 0 bridgehead atoms. The number of hydrogen-bond acceptors (Lipinski definition) is 4. The van der Waals surface area contributed by atoms with E-state index >= 15 is 0 Å². The SMILES string of the molecule is CCn1ncc(C(=O)C=Cc2ccc(COc3ccc(Cl)cc3)o2)c1C. The third kappa shape index (κ3) is 4.24. The van der Waals surface area contributed by atoms with Crippen LogP contribution in [0.2, 0.25) is 5.02 Å². The van der Waals surface area contributed by atoms with Crippen LogP contribution >= 0.6 is 11.6 Å². The van der Waals surface area contributed by atoms with Crippen molar-refractivity contribution in [1.82, 2.24) is 9.78 Å². The fraction of sp³-hybridized carbons (Fsp3) is 0.200. The van der Waals surface area contributed by atoms with E-state index in [-0.39, 0.29) is 5.78 Å². The van der Waals surface area contributed by atoms with Crippen LogP contribution in [0.4, 0.5) is 0 Å². The van der Waals surface area contributed by atoms with Gasteiger partial charge in [0.15, 0.2) is 5.78 Å². The Hall–Kier alpha value is -2.79. The van der Waals surface area contributed by atoms with E-state index in [0.717, 1.165) is 12.2 Å². The maximum Gasteiger partial charge on any atom is 0.189 e. The van der Waals surface area contributed by atoms with Crippen molar-refractivity contribution in [2.24, 2.45) is 0 Å². The van der Waals surface area contributed by atoms with Gasteiger partial charge in [-0.3, -0.25) is 9.48 Å². The normalized spacial score (nSPS) is 11.2. The molecule has 0 atom stereocenters. The maximum atomic E-state index is 12.3. The van der Waals surface area contributed by atoms with Gasteiger partial charge in [0.1, 0.15) is 23.9 Å². The lowest BCUT2D eigenvalue weighted by atomic mass is 10.1. The Balaban J connectivity index is 1.60. The third-order valence-electron chi connectivity index (χ3n) is 3.94. The van der Waals surface area contributed by atoms with E-state index in [1.165, 1.54) is 6.08 Å². The minimum atomic E-state index is -0.0995. The standard InChI is InChI=1S/C20H19ClN2O3/c1-3-23-14(2)19(12-22-23)20(24)11-10-17-8-9-18(26-17)13-25-16-6-4-15(21)5-7-16/h4-12H,3,13H2,1-2H3. The van der Waals surface area contributed by atoms with Gasteiger partial charge < -0.3 is 9.15 Å². The van der Waals surface area contributed by atoms with Crippen molar-refractivity contribution in [3.8, 4) is 5.75 Å². The molecule has 6 heteroatoms. The van der Waals surface area contributed by atoms with Crippen molar-refractivity contribution in [2.75, 3.05) is 0 Å². The van der Waals surface area contributed by atoms with Crippen LogP contribution in [-0.2, 0) is 13.2 Å². The second-order valence-electron chi connectivity index (χ2n) is 5.70. The zero-order valence-corrected chi connectivity index (χ0v) is 15.4. The first-order valence-electron chi connectivity index (χ1n) is 8.28. The molecule has 2 aromatic heterocycles. The van der Waals surface area contributed by atoms with E-state index in [9.17, 15) is 4.79 Å². The lowest BCUT2D eigenvalue weighted by Gasteiger charge is -2.03. The molecular weight excluding hydrogens is 352 g/mol. The number of aryl methyl sites for hydroxylation is 1. The first-order valence-corrected chi connectivity index (χ1v) is 8.66. The first-order chi connectivity index (χ1) is 12.6. The van der Waals surface area contributed by atoms with E-state index in [2.05, 4.69) is 5.10 Å². The number of ketones is 1. The van der Waals surface area contributed by atoms with Gasteiger partial charge in [0.25, 0.3) is 0 Å². The highest BCUT2D eigenvalue weighted by Gasteiger charge is 2.11. The molecule has 5 nitrogen and oxygen atoms in total. The number of hydrogen-bond donors (Lipinski definition) is 0. The molecule has 0 spiro atoms. The zero-order chi connectivity index (χ0) is 18.5. The van der Waals surface area contributed by atoms with Gasteiger partial charge in [-0.05, 0) is 62.4 Å². The summed E-state index contributed by atoms with van der Waals surface area (Å²) in [4.78, 5) is 12.3. The van der Waals surface area contributed by atoms with Crippen molar-refractivity contribution in [2.45, 2.75) is 27.0 Å². The molecule has 3 rings (SSSR count). The predicted molar refractivity (Wildman–Crippen MR) is 100 cm³/mol. The van der Waals surface area contributed by atoms with Crippen LogP contribution in [0.25, 0.3) is 6.08 Å². The number of benzene rings is 1. The Kier molecular flexibility index (Phi) is 5.58. The molecule has 0 aliphatic carbocycles. The van der Waals surface area contributed by atoms with E-state index in [1.54, 1.807) is 47.3 Å². The molecule has 0 N–H and O–H groups in total. The van der Waals surface area contributed by atoms with Gasteiger partial charge in [-0.15, -0.1) is 0 Å². The quantitative estimate of drug-likeness (QED) is 0.437. The summed E-state index contributed by atoms with van der Waals surface area (Å²) in [5.74, 6) is 1.87. The molecule has 134 valence electrons. The van der Waals surface area contributed by atoms with E-state index < -0.39 is 0 Å². The van der Waals surface area contributed by atoms with Crippen LogP contribution in [0, 0.1) is 6.92 Å². The fourth-order valence-corrected chi connectivity index (χ4v) is 2.63. The average Bonchev–Trinajstić information content (AvgIpc) is 3.25. The van der Waals surface area contributed by atoms with Crippen LogP contribution in [0.1, 0.15) is 34.5 Å². The Morgan fingerprint density at radius 2 is 2.04 bits per heavy atom. The van der Waals surface area contributed by atoms with Gasteiger partial charge in [-0.2, -0.15) is 5.10 Å². The highest BCUT2D eigenvalue weighted by atomic mass is 35.5. The molecule has 2 heterocycles. The number of halogens is 1. The minimum Gasteiger partial charge on any atom is -0.486 e. The predicted octanol–water partition coefficient (Wildman–Crippen LogP) is 4.93. The number of rotatable bonds is 7. The van der Waals surface area contributed by atoms with Gasteiger partial charge in [0, 0.05) is 17.3 Å². The number of nitrogens with zero attached hydrogens (tertiary/aromatic N) is 2. The molecule has 0 unspecified atom stereocenters. The van der Waals surface area contributed by atoms with Crippen LogP contribution in [0.5, 0.6) is 5.75 Å². The van der Waals surface area contributed by atoms with Crippen LogP contribution < -0.4 is 4.74 Å². The molecular formula is C20H19ClN2O3. The van der Waals surface area contributed by atoms with Gasteiger partial charge in [0.05, 0.1) is 11.8 Å². The van der Waals surface area contributed by atoms with Crippen LogP contribution in [-0.4, -0.2) is 15.6 Å². The Morgan fingerprint density at radius 3 is 2.73 bits per heavy atom. The highest BCUT2D eigenvalue weighted by molar-refractivity contribution is 6.30. The van der Waals surface area contributed by atoms with Gasteiger partial charge >= 0.3 is 0 Å². The molecule has 0 amide bonds. The number of allylic oxidation sites excluding steroid dienone is 1. The second kappa shape index (κ2) is 8.06. The molecule has 3 aromatic rings. The largest absolute Gasteiger partial charge is 0.486 e. The minimum absolute atomic E-state index is 0.0995. The van der Waals surface area contributed by atoms with E-state index in [1.807, 2.05) is 19.9 Å². The molecule has 26 heavy (non-hydrogen) atoms. The number of ether oxygens (including phenoxy) is 1. The molecule has 0 fully saturated rings. The Morgan fingerprint density at radius 1 is 1.27 bits per heavy atom. The Bertz CT molecular complexity index is 923.